The number of methoxy groups -OCH3 is 2. The highest BCUT2D eigenvalue weighted by atomic mass is 16.6. The molecule has 0 bridgehead atoms. The SMILES string of the molecule is COc1cc(/C=N/Nc2nnc(-c3ccccc3)c(=O)[nH]2)cc([N+](=O)[O-])c1OC. The fourth-order valence-corrected chi connectivity index (χ4v) is 2.52. The minimum Gasteiger partial charge on any atom is -0.493 e. The van der Waals surface area contributed by atoms with Gasteiger partial charge in [0.1, 0.15) is 0 Å². The van der Waals surface area contributed by atoms with Gasteiger partial charge in [0, 0.05) is 17.2 Å². The third kappa shape index (κ3) is 4.35. The van der Waals surface area contributed by atoms with Crippen molar-refractivity contribution in [3.63, 3.8) is 0 Å². The lowest BCUT2D eigenvalue weighted by atomic mass is 10.2. The van der Waals surface area contributed by atoms with Crippen molar-refractivity contribution in [2.24, 2.45) is 5.10 Å². The standard InChI is InChI=1S/C18H16N6O5/c1-28-14-9-11(8-13(24(26)27)16(14)29-2)10-19-22-18-20-17(25)15(21-23-18)12-6-4-3-5-7-12/h3-10H,1-2H3,(H2,20,22,23,25)/b19-10+. The Morgan fingerprint density at radius 2 is 1.93 bits per heavy atom. The first kappa shape index (κ1) is 19.5. The highest BCUT2D eigenvalue weighted by molar-refractivity contribution is 5.83. The number of nitrogens with one attached hydrogen (secondary N) is 2. The number of nitro groups is 1. The van der Waals surface area contributed by atoms with E-state index in [1.54, 1.807) is 24.3 Å². The summed E-state index contributed by atoms with van der Waals surface area (Å²) < 4.78 is 10.2. The molecule has 1 aromatic heterocycles. The molecule has 0 atom stereocenters. The Morgan fingerprint density at radius 1 is 1.17 bits per heavy atom. The maximum atomic E-state index is 12.2. The topological polar surface area (TPSA) is 145 Å². The molecule has 3 rings (SSSR count). The Bertz CT molecular complexity index is 1110. The second kappa shape index (κ2) is 8.61. The van der Waals surface area contributed by atoms with Gasteiger partial charge < -0.3 is 9.47 Å². The lowest BCUT2D eigenvalue weighted by Crippen LogP contribution is -2.15. The molecule has 0 saturated heterocycles. The summed E-state index contributed by atoms with van der Waals surface area (Å²) in [4.78, 5) is 25.4. The first-order valence-corrected chi connectivity index (χ1v) is 8.25. The van der Waals surface area contributed by atoms with Crippen LogP contribution in [0.1, 0.15) is 5.56 Å². The van der Waals surface area contributed by atoms with E-state index >= 15 is 0 Å². The van der Waals surface area contributed by atoms with Crippen LogP contribution in [0.2, 0.25) is 0 Å². The number of anilines is 1. The van der Waals surface area contributed by atoms with Gasteiger partial charge >= 0.3 is 5.69 Å². The number of hydrogen-bond donors (Lipinski definition) is 2. The summed E-state index contributed by atoms with van der Waals surface area (Å²) in [5.74, 6) is 0.207. The third-order valence-electron chi connectivity index (χ3n) is 3.81. The molecule has 0 radical (unpaired) electrons. The van der Waals surface area contributed by atoms with Crippen LogP contribution in [0, 0.1) is 10.1 Å². The summed E-state index contributed by atoms with van der Waals surface area (Å²) in [6, 6.07) is 11.7. The fraction of sp³-hybridized carbons (Fsp3) is 0.111. The van der Waals surface area contributed by atoms with E-state index in [1.807, 2.05) is 6.07 Å². The van der Waals surface area contributed by atoms with Gasteiger partial charge in [-0.1, -0.05) is 30.3 Å². The average Bonchev–Trinajstić information content (AvgIpc) is 2.73. The molecular formula is C18H16N6O5. The number of rotatable bonds is 7. The van der Waals surface area contributed by atoms with Crippen molar-refractivity contribution >= 4 is 17.9 Å². The van der Waals surface area contributed by atoms with Crippen molar-refractivity contribution < 1.29 is 14.4 Å². The third-order valence-corrected chi connectivity index (χ3v) is 3.81. The van der Waals surface area contributed by atoms with Gasteiger partial charge in [-0.05, 0) is 6.07 Å². The van der Waals surface area contributed by atoms with Crippen molar-refractivity contribution in [3.8, 4) is 22.8 Å². The molecule has 0 aliphatic rings. The smallest absolute Gasteiger partial charge is 0.315 e. The number of aromatic amines is 1. The van der Waals surface area contributed by atoms with Crippen LogP contribution >= 0.6 is 0 Å². The van der Waals surface area contributed by atoms with Gasteiger partial charge in [0.2, 0.25) is 11.7 Å². The van der Waals surface area contributed by atoms with E-state index in [-0.39, 0.29) is 28.8 Å². The summed E-state index contributed by atoms with van der Waals surface area (Å²) in [5, 5.41) is 22.9. The number of benzene rings is 2. The summed E-state index contributed by atoms with van der Waals surface area (Å²) in [5.41, 5.74) is 3.00. The van der Waals surface area contributed by atoms with Crippen LogP contribution in [0.4, 0.5) is 11.6 Å². The summed E-state index contributed by atoms with van der Waals surface area (Å²) in [6.07, 6.45) is 1.31. The Labute approximate surface area is 164 Å². The van der Waals surface area contributed by atoms with Gasteiger partial charge in [0.25, 0.3) is 5.56 Å². The molecular weight excluding hydrogens is 380 g/mol. The molecule has 3 aromatic rings. The van der Waals surface area contributed by atoms with Crippen LogP contribution < -0.4 is 20.5 Å². The lowest BCUT2D eigenvalue weighted by molar-refractivity contribution is -0.385. The van der Waals surface area contributed by atoms with Crippen LogP contribution in [-0.2, 0) is 0 Å². The number of ether oxygens (including phenoxy) is 2. The molecule has 2 aromatic carbocycles. The summed E-state index contributed by atoms with van der Waals surface area (Å²) in [7, 11) is 2.68. The Balaban J connectivity index is 1.81. The molecule has 2 N–H and O–H groups in total. The zero-order chi connectivity index (χ0) is 20.8. The Morgan fingerprint density at radius 3 is 2.55 bits per heavy atom. The number of nitro benzene ring substituents is 1. The fourth-order valence-electron chi connectivity index (χ4n) is 2.52. The van der Waals surface area contributed by atoms with E-state index in [0.29, 0.717) is 11.1 Å². The number of H-pyrrole nitrogens is 1. The number of nitrogens with zero attached hydrogens (tertiary/aromatic N) is 4. The van der Waals surface area contributed by atoms with E-state index in [1.165, 1.54) is 32.6 Å². The van der Waals surface area contributed by atoms with Crippen LogP contribution in [-0.4, -0.2) is 40.5 Å². The molecule has 0 spiro atoms. The Kier molecular flexibility index (Phi) is 5.78. The predicted molar refractivity (Wildman–Crippen MR) is 106 cm³/mol. The van der Waals surface area contributed by atoms with Crippen LogP contribution in [0.15, 0.2) is 52.4 Å². The second-order valence-corrected chi connectivity index (χ2v) is 5.62. The second-order valence-electron chi connectivity index (χ2n) is 5.62. The van der Waals surface area contributed by atoms with Gasteiger partial charge in [-0.25, -0.2) is 5.43 Å². The molecule has 0 aliphatic heterocycles. The molecule has 0 unspecified atom stereocenters. The first-order valence-electron chi connectivity index (χ1n) is 8.25. The lowest BCUT2D eigenvalue weighted by Gasteiger charge is -2.08. The normalized spacial score (nSPS) is 10.7. The number of hydrazone groups is 1. The van der Waals surface area contributed by atoms with E-state index in [9.17, 15) is 14.9 Å². The molecule has 1 heterocycles. The highest BCUT2D eigenvalue weighted by Gasteiger charge is 2.21. The van der Waals surface area contributed by atoms with Gasteiger partial charge in [0.05, 0.1) is 25.4 Å². The maximum absolute atomic E-state index is 12.2. The summed E-state index contributed by atoms with van der Waals surface area (Å²) >= 11 is 0. The van der Waals surface area contributed by atoms with Gasteiger partial charge in [0.15, 0.2) is 11.4 Å². The molecule has 0 aliphatic carbocycles. The molecule has 0 saturated carbocycles. The van der Waals surface area contributed by atoms with Crippen LogP contribution in [0.5, 0.6) is 11.5 Å². The van der Waals surface area contributed by atoms with Crippen molar-refractivity contribution in [1.82, 2.24) is 15.2 Å². The van der Waals surface area contributed by atoms with Crippen molar-refractivity contribution in [2.45, 2.75) is 0 Å². The average molecular weight is 396 g/mol. The van der Waals surface area contributed by atoms with Crippen LogP contribution in [0.25, 0.3) is 11.3 Å². The largest absolute Gasteiger partial charge is 0.493 e. The van der Waals surface area contributed by atoms with E-state index < -0.39 is 10.5 Å². The zero-order valence-electron chi connectivity index (χ0n) is 15.4. The molecule has 148 valence electrons. The van der Waals surface area contributed by atoms with E-state index in [4.69, 9.17) is 9.47 Å². The van der Waals surface area contributed by atoms with E-state index in [0.717, 1.165) is 0 Å². The van der Waals surface area contributed by atoms with Crippen molar-refractivity contribution in [3.05, 3.63) is 68.5 Å². The maximum Gasteiger partial charge on any atom is 0.315 e. The highest BCUT2D eigenvalue weighted by Crippen LogP contribution is 2.37. The number of hydrogen-bond acceptors (Lipinski definition) is 9. The van der Waals surface area contributed by atoms with Gasteiger partial charge in [-0.15, -0.1) is 10.2 Å². The first-order chi connectivity index (χ1) is 14.0. The predicted octanol–water partition coefficient (Wildman–Crippen LogP) is 2.20. The van der Waals surface area contributed by atoms with Gasteiger partial charge in [-0.2, -0.15) is 5.10 Å². The number of aromatic nitrogens is 3. The van der Waals surface area contributed by atoms with Crippen molar-refractivity contribution in [2.75, 3.05) is 19.6 Å². The monoisotopic (exact) mass is 396 g/mol. The van der Waals surface area contributed by atoms with Gasteiger partial charge in [-0.3, -0.25) is 19.9 Å². The quantitative estimate of drug-likeness (QED) is 0.351. The molecule has 0 amide bonds. The summed E-state index contributed by atoms with van der Waals surface area (Å²) in [6.45, 7) is 0. The zero-order valence-corrected chi connectivity index (χ0v) is 15.4. The molecule has 11 nitrogen and oxygen atoms in total. The minimum atomic E-state index is -0.586. The minimum absolute atomic E-state index is 0.00862. The molecule has 29 heavy (non-hydrogen) atoms. The Hall–Kier alpha value is -4.28. The molecule has 0 fully saturated rings. The van der Waals surface area contributed by atoms with Crippen molar-refractivity contribution in [1.29, 1.82) is 0 Å². The van der Waals surface area contributed by atoms with Crippen LogP contribution in [0.3, 0.4) is 0 Å². The van der Waals surface area contributed by atoms with E-state index in [2.05, 4.69) is 25.7 Å². The molecule has 11 heteroatoms.